The number of aryl methyl sites for hydroxylation is 1. The summed E-state index contributed by atoms with van der Waals surface area (Å²) in [5.41, 5.74) is -0.687. The Balaban J connectivity index is 2.56. The molecule has 2 rings (SSSR count). The molecule has 0 atom stereocenters. The van der Waals surface area contributed by atoms with Crippen LogP contribution >= 0.6 is 12.2 Å². The molecule has 0 radical (unpaired) electrons. The van der Waals surface area contributed by atoms with Crippen LogP contribution in [0.1, 0.15) is 12.6 Å². The minimum Gasteiger partial charge on any atom is -0.299 e. The smallest absolute Gasteiger partial charge is 0.299 e. The third-order valence-corrected chi connectivity index (χ3v) is 2.79. The van der Waals surface area contributed by atoms with Gasteiger partial charge in [-0.15, -0.1) is 0 Å². The van der Waals surface area contributed by atoms with E-state index in [1.54, 1.807) is 4.57 Å². The maximum Gasteiger partial charge on any atom is 0.433 e. The van der Waals surface area contributed by atoms with E-state index in [2.05, 4.69) is 15.3 Å². The molecule has 0 amide bonds. The lowest BCUT2D eigenvalue weighted by Crippen LogP contribution is -2.11. The highest BCUT2D eigenvalue weighted by molar-refractivity contribution is 7.71. The Morgan fingerprint density at radius 2 is 2.11 bits per heavy atom. The van der Waals surface area contributed by atoms with Gasteiger partial charge >= 0.3 is 6.18 Å². The molecule has 0 aromatic carbocycles. The second kappa shape index (κ2) is 4.23. The van der Waals surface area contributed by atoms with E-state index >= 15 is 0 Å². The van der Waals surface area contributed by atoms with Crippen molar-refractivity contribution in [1.29, 1.82) is 0 Å². The normalized spacial score (nSPS) is 12.1. The number of nitrogens with zero attached hydrogens (tertiary/aromatic N) is 4. The van der Waals surface area contributed by atoms with E-state index in [1.165, 1.54) is 7.05 Å². The number of nitrogens with one attached hydrogen (secondary N) is 1. The van der Waals surface area contributed by atoms with Crippen molar-refractivity contribution in [2.45, 2.75) is 19.6 Å². The van der Waals surface area contributed by atoms with E-state index < -0.39 is 11.9 Å². The Hall–Kier alpha value is -1.64. The van der Waals surface area contributed by atoms with Crippen LogP contribution in [0.2, 0.25) is 0 Å². The van der Waals surface area contributed by atoms with Gasteiger partial charge in [-0.3, -0.25) is 14.3 Å². The molecule has 0 bridgehead atoms. The number of H-pyrrole nitrogens is 1. The van der Waals surface area contributed by atoms with Crippen LogP contribution in [0.5, 0.6) is 0 Å². The van der Waals surface area contributed by atoms with Crippen LogP contribution in [0.4, 0.5) is 13.2 Å². The number of aromatic amines is 1. The predicted octanol–water partition coefficient (Wildman–Crippen LogP) is 2.38. The zero-order valence-electron chi connectivity index (χ0n) is 9.62. The van der Waals surface area contributed by atoms with Crippen molar-refractivity contribution in [2.75, 3.05) is 0 Å². The van der Waals surface area contributed by atoms with Gasteiger partial charge in [-0.1, -0.05) is 0 Å². The first-order chi connectivity index (χ1) is 8.34. The van der Waals surface area contributed by atoms with Gasteiger partial charge in [0.05, 0.1) is 0 Å². The van der Waals surface area contributed by atoms with Gasteiger partial charge in [0.15, 0.2) is 10.6 Å². The molecule has 2 heterocycles. The fraction of sp³-hybridized carbons (Fsp3) is 0.444. The summed E-state index contributed by atoms with van der Waals surface area (Å²) in [6.07, 6.45) is -4.44. The maximum atomic E-state index is 12.6. The number of alkyl halides is 3. The molecule has 2 aromatic heterocycles. The zero-order valence-corrected chi connectivity index (χ0v) is 10.4. The van der Waals surface area contributed by atoms with Crippen molar-refractivity contribution in [3.63, 3.8) is 0 Å². The topological polar surface area (TPSA) is 51.4 Å². The lowest BCUT2D eigenvalue weighted by molar-refractivity contribution is -0.143. The highest BCUT2D eigenvalue weighted by Gasteiger charge is 2.35. The minimum atomic E-state index is -4.44. The summed E-state index contributed by atoms with van der Waals surface area (Å²) in [4.78, 5) is 0. The minimum absolute atomic E-state index is 0.138. The largest absolute Gasteiger partial charge is 0.433 e. The molecule has 0 aliphatic rings. The lowest BCUT2D eigenvalue weighted by Gasteiger charge is -2.04. The predicted molar refractivity (Wildman–Crippen MR) is 60.3 cm³/mol. The van der Waals surface area contributed by atoms with Gasteiger partial charge in [-0.05, 0) is 25.2 Å². The van der Waals surface area contributed by atoms with Crippen molar-refractivity contribution < 1.29 is 13.2 Å². The van der Waals surface area contributed by atoms with Crippen LogP contribution in [0.25, 0.3) is 11.5 Å². The molecule has 0 aliphatic carbocycles. The van der Waals surface area contributed by atoms with Gasteiger partial charge in [0.1, 0.15) is 11.4 Å². The summed E-state index contributed by atoms with van der Waals surface area (Å²) in [5, 5.41) is 10.3. The van der Waals surface area contributed by atoms with Gasteiger partial charge < -0.3 is 0 Å². The summed E-state index contributed by atoms with van der Waals surface area (Å²) in [7, 11) is 1.24. The van der Waals surface area contributed by atoms with Crippen LogP contribution in [-0.2, 0) is 19.8 Å². The second-order valence-electron chi connectivity index (χ2n) is 3.63. The number of halogens is 3. The Morgan fingerprint density at radius 1 is 1.44 bits per heavy atom. The Bertz CT molecular complexity index is 621. The van der Waals surface area contributed by atoms with Crippen molar-refractivity contribution in [3.05, 3.63) is 16.5 Å². The van der Waals surface area contributed by atoms with Crippen LogP contribution < -0.4 is 0 Å². The summed E-state index contributed by atoms with van der Waals surface area (Å²) in [6, 6.07) is 0.955. The molecule has 0 unspecified atom stereocenters. The molecule has 0 saturated heterocycles. The van der Waals surface area contributed by atoms with Crippen LogP contribution in [-0.4, -0.2) is 24.5 Å². The van der Waals surface area contributed by atoms with Crippen molar-refractivity contribution in [1.82, 2.24) is 24.5 Å². The molecule has 1 N–H and O–H groups in total. The number of hydrogen-bond donors (Lipinski definition) is 1. The average Bonchev–Trinajstić information content (AvgIpc) is 2.80. The summed E-state index contributed by atoms with van der Waals surface area (Å²) >= 11 is 4.97. The Kier molecular flexibility index (Phi) is 3.01. The quantitative estimate of drug-likeness (QED) is 0.857. The Labute approximate surface area is 105 Å². The van der Waals surface area contributed by atoms with Gasteiger partial charge in [0.25, 0.3) is 0 Å². The van der Waals surface area contributed by atoms with E-state index in [0.29, 0.717) is 17.1 Å². The molecule has 18 heavy (non-hydrogen) atoms. The third kappa shape index (κ3) is 2.05. The fourth-order valence-corrected chi connectivity index (χ4v) is 1.91. The molecular weight excluding hydrogens is 267 g/mol. The summed E-state index contributed by atoms with van der Waals surface area (Å²) in [5.74, 6) is 0.300. The van der Waals surface area contributed by atoms with Gasteiger partial charge in [0, 0.05) is 13.6 Å². The first-order valence-corrected chi connectivity index (χ1v) is 5.52. The Morgan fingerprint density at radius 3 is 2.61 bits per heavy atom. The number of aromatic nitrogens is 5. The standard InChI is InChI=1S/C9H10F3N5S/c1-3-17-7(13-14-8(17)18)5-4-6(9(10,11)12)16(2)15-5/h4H,3H2,1-2H3,(H,14,18). The maximum absolute atomic E-state index is 12.6. The average molecular weight is 277 g/mol. The molecule has 0 fully saturated rings. The van der Waals surface area contributed by atoms with Gasteiger partial charge in [-0.25, -0.2) is 0 Å². The highest BCUT2D eigenvalue weighted by Crippen LogP contribution is 2.31. The monoisotopic (exact) mass is 277 g/mol. The van der Waals surface area contributed by atoms with E-state index in [4.69, 9.17) is 12.2 Å². The number of rotatable bonds is 2. The first-order valence-electron chi connectivity index (χ1n) is 5.11. The molecule has 5 nitrogen and oxygen atoms in total. The SMILES string of the molecule is CCn1c(-c2cc(C(F)(F)F)n(C)n2)n[nH]c1=S. The molecule has 98 valence electrons. The highest BCUT2D eigenvalue weighted by atomic mass is 32.1. The van der Waals surface area contributed by atoms with Crippen LogP contribution in [0.15, 0.2) is 6.07 Å². The van der Waals surface area contributed by atoms with E-state index in [0.717, 1.165) is 10.7 Å². The fourth-order valence-electron chi connectivity index (χ4n) is 1.65. The van der Waals surface area contributed by atoms with Crippen LogP contribution in [0, 0.1) is 4.77 Å². The van der Waals surface area contributed by atoms with Crippen LogP contribution in [0.3, 0.4) is 0 Å². The lowest BCUT2D eigenvalue weighted by atomic mass is 10.3. The van der Waals surface area contributed by atoms with Crippen molar-refractivity contribution in [2.24, 2.45) is 7.05 Å². The number of hydrogen-bond acceptors (Lipinski definition) is 3. The first kappa shape index (κ1) is 12.8. The molecule has 2 aromatic rings. The molecule has 9 heteroatoms. The third-order valence-electron chi connectivity index (χ3n) is 2.47. The van der Waals surface area contributed by atoms with E-state index in [1.807, 2.05) is 6.92 Å². The van der Waals surface area contributed by atoms with E-state index in [9.17, 15) is 13.2 Å². The molecule has 0 aliphatic heterocycles. The van der Waals surface area contributed by atoms with E-state index in [-0.39, 0.29) is 5.69 Å². The summed E-state index contributed by atoms with van der Waals surface area (Å²) in [6.45, 7) is 2.32. The van der Waals surface area contributed by atoms with Gasteiger partial charge in [0.2, 0.25) is 0 Å². The molecule has 0 saturated carbocycles. The summed E-state index contributed by atoms with van der Waals surface area (Å²) < 4.78 is 40.7. The molecular formula is C9H10F3N5S. The molecule has 0 spiro atoms. The van der Waals surface area contributed by atoms with Crippen molar-refractivity contribution in [3.8, 4) is 11.5 Å². The zero-order chi connectivity index (χ0) is 13.5. The van der Waals surface area contributed by atoms with Crippen molar-refractivity contribution >= 4 is 12.2 Å². The second-order valence-corrected chi connectivity index (χ2v) is 4.02. The van der Waals surface area contributed by atoms with Gasteiger partial charge in [-0.2, -0.15) is 23.4 Å².